The summed E-state index contributed by atoms with van der Waals surface area (Å²) < 4.78 is 12.6. The first-order chi connectivity index (χ1) is 6.66. The van der Waals surface area contributed by atoms with Crippen LogP contribution in [0.4, 0.5) is 4.39 Å². The lowest BCUT2D eigenvalue weighted by molar-refractivity contribution is 0.628. The summed E-state index contributed by atoms with van der Waals surface area (Å²) in [5, 5.41) is 0. The maximum Gasteiger partial charge on any atom is 0.305 e. The van der Waals surface area contributed by atoms with Gasteiger partial charge in [0.05, 0.1) is 5.69 Å². The van der Waals surface area contributed by atoms with E-state index in [0.29, 0.717) is 0 Å². The minimum Gasteiger partial charge on any atom is -0.312 e. The third-order valence-electron chi connectivity index (χ3n) is 1.96. The van der Waals surface area contributed by atoms with Crippen molar-refractivity contribution in [1.29, 1.82) is 0 Å². The summed E-state index contributed by atoms with van der Waals surface area (Å²) in [5.41, 5.74) is 1.61. The zero-order valence-electron chi connectivity index (χ0n) is 7.50. The highest BCUT2D eigenvalue weighted by atomic mass is 32.1. The quantitative estimate of drug-likeness (QED) is 0.769. The van der Waals surface area contributed by atoms with Crippen LogP contribution in [-0.2, 0) is 0 Å². The highest BCUT2D eigenvalue weighted by Crippen LogP contribution is 2.21. The molecule has 2 nitrogen and oxygen atoms in total. The largest absolute Gasteiger partial charge is 0.312 e. The maximum atomic E-state index is 12.6. The molecule has 4 heteroatoms. The van der Waals surface area contributed by atoms with Crippen molar-refractivity contribution in [3.63, 3.8) is 0 Å². The molecule has 0 aliphatic carbocycles. The summed E-state index contributed by atoms with van der Waals surface area (Å²) in [7, 11) is 0. The fourth-order valence-corrected chi connectivity index (χ4v) is 2.00. The van der Waals surface area contributed by atoms with Crippen molar-refractivity contribution in [2.45, 2.75) is 6.92 Å². The van der Waals surface area contributed by atoms with Crippen molar-refractivity contribution < 1.29 is 4.39 Å². The van der Waals surface area contributed by atoms with Gasteiger partial charge in [-0.15, -0.1) is 0 Å². The molecule has 0 aliphatic heterocycles. The van der Waals surface area contributed by atoms with Gasteiger partial charge in [-0.2, -0.15) is 0 Å². The first-order valence-corrected chi connectivity index (χ1v) is 4.94. The van der Waals surface area contributed by atoms with E-state index in [1.807, 2.05) is 6.92 Å². The fourth-order valence-electron chi connectivity index (χ4n) is 1.30. The van der Waals surface area contributed by atoms with Crippen LogP contribution in [0.25, 0.3) is 11.3 Å². The lowest BCUT2D eigenvalue weighted by Gasteiger charge is -1.98. The monoisotopic (exact) mass is 209 g/mol. The van der Waals surface area contributed by atoms with Crippen LogP contribution < -0.4 is 4.87 Å². The molecule has 0 atom stereocenters. The van der Waals surface area contributed by atoms with Gasteiger partial charge in [-0.25, -0.2) is 4.39 Å². The van der Waals surface area contributed by atoms with Crippen molar-refractivity contribution in [2.24, 2.45) is 0 Å². The third-order valence-corrected chi connectivity index (χ3v) is 2.76. The van der Waals surface area contributed by atoms with E-state index in [0.717, 1.165) is 27.5 Å². The first-order valence-electron chi connectivity index (χ1n) is 4.12. The van der Waals surface area contributed by atoms with Gasteiger partial charge < -0.3 is 4.98 Å². The molecule has 0 spiro atoms. The third kappa shape index (κ3) is 1.61. The maximum absolute atomic E-state index is 12.6. The van der Waals surface area contributed by atoms with E-state index < -0.39 is 0 Å². The second-order valence-corrected chi connectivity index (χ2v) is 4.14. The summed E-state index contributed by atoms with van der Waals surface area (Å²) >= 11 is 1.16. The Balaban J connectivity index is 2.54. The van der Waals surface area contributed by atoms with Crippen LogP contribution in [0.1, 0.15) is 4.88 Å². The number of H-pyrrole nitrogens is 1. The van der Waals surface area contributed by atoms with Gasteiger partial charge in [-0.3, -0.25) is 4.79 Å². The Bertz CT molecular complexity index is 498. The number of hydrogen-bond donors (Lipinski definition) is 1. The number of aromatic amines is 1. The Labute approximate surface area is 84.0 Å². The molecule has 0 saturated carbocycles. The van der Waals surface area contributed by atoms with Gasteiger partial charge in [-0.05, 0) is 36.8 Å². The average molecular weight is 209 g/mol. The van der Waals surface area contributed by atoms with Crippen molar-refractivity contribution in [3.8, 4) is 11.3 Å². The molecule has 0 amide bonds. The van der Waals surface area contributed by atoms with Gasteiger partial charge in [0.15, 0.2) is 0 Å². The lowest BCUT2D eigenvalue weighted by atomic mass is 10.1. The Hall–Kier alpha value is -1.42. The molecule has 1 N–H and O–H groups in total. The lowest BCUT2D eigenvalue weighted by Crippen LogP contribution is -1.92. The molecular weight excluding hydrogens is 201 g/mol. The minimum absolute atomic E-state index is 0.0816. The Kier molecular flexibility index (Phi) is 2.21. The summed E-state index contributed by atoms with van der Waals surface area (Å²) in [5.74, 6) is -0.274. The fraction of sp³-hybridized carbons (Fsp3) is 0.100. The molecule has 0 unspecified atom stereocenters. The molecule has 1 heterocycles. The van der Waals surface area contributed by atoms with Crippen LogP contribution in [0.15, 0.2) is 29.1 Å². The predicted octanol–water partition coefficient (Wildman–Crippen LogP) is 2.55. The molecule has 0 radical (unpaired) electrons. The van der Waals surface area contributed by atoms with Crippen molar-refractivity contribution >= 4 is 11.3 Å². The van der Waals surface area contributed by atoms with Crippen molar-refractivity contribution in [3.05, 3.63) is 44.6 Å². The van der Waals surface area contributed by atoms with E-state index in [1.165, 1.54) is 12.1 Å². The molecule has 1 aromatic heterocycles. The smallest absolute Gasteiger partial charge is 0.305 e. The zero-order chi connectivity index (χ0) is 10.1. The van der Waals surface area contributed by atoms with Crippen LogP contribution in [-0.4, -0.2) is 4.98 Å². The summed E-state index contributed by atoms with van der Waals surface area (Å²) in [6, 6.07) is 6.07. The van der Waals surface area contributed by atoms with Gasteiger partial charge >= 0.3 is 4.87 Å². The molecular formula is C10H8FNOS. The average Bonchev–Trinajstić information content (AvgIpc) is 2.47. The predicted molar refractivity (Wildman–Crippen MR) is 55.1 cm³/mol. The second-order valence-electron chi connectivity index (χ2n) is 2.95. The zero-order valence-corrected chi connectivity index (χ0v) is 8.32. The number of benzene rings is 1. The van der Waals surface area contributed by atoms with E-state index in [1.54, 1.807) is 12.1 Å². The summed E-state index contributed by atoms with van der Waals surface area (Å²) in [6.07, 6.45) is 0. The van der Waals surface area contributed by atoms with Gasteiger partial charge in [0.1, 0.15) is 5.82 Å². The molecule has 2 aromatic rings. The number of rotatable bonds is 1. The molecule has 1 aromatic carbocycles. The molecule has 2 rings (SSSR count). The summed E-state index contributed by atoms with van der Waals surface area (Å²) in [4.78, 5) is 14.6. The topological polar surface area (TPSA) is 32.9 Å². The van der Waals surface area contributed by atoms with E-state index in [-0.39, 0.29) is 10.7 Å². The molecule has 0 saturated heterocycles. The summed E-state index contributed by atoms with van der Waals surface area (Å²) in [6.45, 7) is 1.86. The molecule has 0 bridgehead atoms. The van der Waals surface area contributed by atoms with E-state index in [9.17, 15) is 9.18 Å². The highest BCUT2D eigenvalue weighted by molar-refractivity contribution is 7.09. The number of nitrogens with one attached hydrogen (secondary N) is 1. The van der Waals surface area contributed by atoms with Gasteiger partial charge in [-0.1, -0.05) is 11.3 Å². The standard InChI is InChI=1S/C10H8FNOS/c1-6-9(12-10(13)14-6)7-2-4-8(11)5-3-7/h2-5H,1H3,(H,12,13). The Morgan fingerprint density at radius 2 is 1.93 bits per heavy atom. The number of thiazole rings is 1. The van der Waals surface area contributed by atoms with Crippen molar-refractivity contribution in [1.82, 2.24) is 4.98 Å². The Morgan fingerprint density at radius 1 is 1.29 bits per heavy atom. The van der Waals surface area contributed by atoms with E-state index in [2.05, 4.69) is 4.98 Å². The van der Waals surface area contributed by atoms with Gasteiger partial charge in [0, 0.05) is 4.88 Å². The van der Waals surface area contributed by atoms with Gasteiger partial charge in [0.25, 0.3) is 0 Å². The molecule has 72 valence electrons. The Morgan fingerprint density at radius 3 is 2.43 bits per heavy atom. The molecule has 0 fully saturated rings. The van der Waals surface area contributed by atoms with E-state index >= 15 is 0 Å². The van der Waals surface area contributed by atoms with Crippen LogP contribution in [0.2, 0.25) is 0 Å². The number of halogens is 1. The highest BCUT2D eigenvalue weighted by Gasteiger charge is 2.05. The van der Waals surface area contributed by atoms with Crippen LogP contribution >= 0.6 is 11.3 Å². The molecule has 14 heavy (non-hydrogen) atoms. The first kappa shape index (κ1) is 9.15. The van der Waals surface area contributed by atoms with Gasteiger partial charge in [0.2, 0.25) is 0 Å². The molecule has 0 aliphatic rings. The van der Waals surface area contributed by atoms with E-state index in [4.69, 9.17) is 0 Å². The normalized spacial score (nSPS) is 10.4. The number of hydrogen-bond acceptors (Lipinski definition) is 2. The van der Waals surface area contributed by atoms with Crippen molar-refractivity contribution in [2.75, 3.05) is 0 Å². The van der Waals surface area contributed by atoms with Crippen LogP contribution in [0.5, 0.6) is 0 Å². The minimum atomic E-state index is -0.274. The van der Waals surface area contributed by atoms with Crippen LogP contribution in [0.3, 0.4) is 0 Å². The number of aromatic nitrogens is 1. The SMILES string of the molecule is Cc1sc(=O)[nH]c1-c1ccc(F)cc1. The number of aryl methyl sites for hydroxylation is 1. The van der Waals surface area contributed by atoms with Crippen LogP contribution in [0, 0.1) is 12.7 Å². The second kappa shape index (κ2) is 3.38.